The highest BCUT2D eigenvalue weighted by atomic mass is 19.1. The van der Waals surface area contributed by atoms with Gasteiger partial charge in [0.2, 0.25) is 0 Å². The number of benzene rings is 2. The van der Waals surface area contributed by atoms with Gasteiger partial charge in [-0.3, -0.25) is 0 Å². The van der Waals surface area contributed by atoms with E-state index in [-0.39, 0.29) is 11.4 Å². The van der Waals surface area contributed by atoms with Gasteiger partial charge in [0.25, 0.3) is 0 Å². The number of hydrogen-bond acceptors (Lipinski definition) is 7. The molecule has 1 saturated heterocycles. The van der Waals surface area contributed by atoms with E-state index in [1.807, 2.05) is 0 Å². The fourth-order valence-electron chi connectivity index (χ4n) is 3.33. The summed E-state index contributed by atoms with van der Waals surface area (Å²) in [5.74, 6) is 0.746. The average Bonchev–Trinajstić information content (AvgIpc) is 2.77. The minimum Gasteiger partial charge on any atom is -0.491 e. The fraction of sp³-hybridized carbons (Fsp3) is 0.348. The molecule has 1 fully saturated rings. The van der Waals surface area contributed by atoms with E-state index in [0.717, 1.165) is 19.6 Å². The Labute approximate surface area is 190 Å². The van der Waals surface area contributed by atoms with E-state index in [1.54, 1.807) is 37.4 Å². The number of rotatable bonds is 10. The van der Waals surface area contributed by atoms with Crippen LogP contribution in [0.5, 0.6) is 5.75 Å². The summed E-state index contributed by atoms with van der Waals surface area (Å²) >= 11 is 0. The summed E-state index contributed by atoms with van der Waals surface area (Å²) in [6.45, 7) is 2.86. The maximum absolute atomic E-state index is 14.8. The summed E-state index contributed by atoms with van der Waals surface area (Å²) in [6.07, 6.45) is 2.26. The molecule has 0 atom stereocenters. The highest BCUT2D eigenvalue weighted by Crippen LogP contribution is 2.29. The number of nitrogens with zero attached hydrogens (tertiary/aromatic N) is 2. The predicted molar refractivity (Wildman–Crippen MR) is 123 cm³/mol. The zero-order valence-corrected chi connectivity index (χ0v) is 18.3. The lowest BCUT2D eigenvalue weighted by molar-refractivity contribution is -0.0347. The number of fused-ring (bicyclic) bond motifs is 1. The van der Waals surface area contributed by atoms with E-state index >= 15 is 0 Å². The van der Waals surface area contributed by atoms with Crippen molar-refractivity contribution in [3.8, 4) is 5.75 Å². The molecule has 10 heteroatoms. The second-order valence-electron chi connectivity index (χ2n) is 7.64. The smallest absolute Gasteiger partial charge is 0.319 e. The summed E-state index contributed by atoms with van der Waals surface area (Å²) in [7, 11) is 1.57. The number of halogens is 1. The van der Waals surface area contributed by atoms with E-state index in [1.165, 1.54) is 12.4 Å². The number of aromatic nitrogens is 2. The number of ether oxygens (including phenoxy) is 3. The van der Waals surface area contributed by atoms with Gasteiger partial charge in [-0.05, 0) is 30.7 Å². The molecule has 4 rings (SSSR count). The molecule has 33 heavy (non-hydrogen) atoms. The summed E-state index contributed by atoms with van der Waals surface area (Å²) in [4.78, 5) is 20.4. The maximum Gasteiger partial charge on any atom is 0.319 e. The molecule has 0 radical (unpaired) electrons. The molecule has 0 saturated carbocycles. The van der Waals surface area contributed by atoms with Crippen molar-refractivity contribution >= 4 is 34.1 Å². The first-order chi connectivity index (χ1) is 16.1. The summed E-state index contributed by atoms with van der Waals surface area (Å²) in [5.41, 5.74) is 1.75. The van der Waals surface area contributed by atoms with Crippen LogP contribution in [0.1, 0.15) is 6.42 Å². The Hall–Kier alpha value is -3.50. The van der Waals surface area contributed by atoms with Crippen molar-refractivity contribution < 1.29 is 23.4 Å². The van der Waals surface area contributed by atoms with Gasteiger partial charge in [0.15, 0.2) is 0 Å². The van der Waals surface area contributed by atoms with E-state index in [2.05, 4.69) is 25.9 Å². The van der Waals surface area contributed by atoms with Crippen molar-refractivity contribution in [2.24, 2.45) is 5.92 Å². The van der Waals surface area contributed by atoms with Crippen LogP contribution in [0.15, 0.2) is 42.7 Å². The second-order valence-corrected chi connectivity index (χ2v) is 7.64. The molecule has 174 valence electrons. The number of nitrogens with one attached hydrogen (secondary N) is 3. The molecule has 2 aromatic carbocycles. The van der Waals surface area contributed by atoms with Gasteiger partial charge in [0.05, 0.1) is 30.7 Å². The van der Waals surface area contributed by atoms with Crippen LogP contribution >= 0.6 is 0 Å². The third-order valence-corrected chi connectivity index (χ3v) is 5.17. The van der Waals surface area contributed by atoms with Crippen molar-refractivity contribution in [1.82, 2.24) is 15.3 Å². The second kappa shape index (κ2) is 10.9. The van der Waals surface area contributed by atoms with Crippen LogP contribution in [0, 0.1) is 11.7 Å². The highest BCUT2D eigenvalue weighted by molar-refractivity contribution is 5.92. The Morgan fingerprint density at radius 3 is 2.67 bits per heavy atom. The minimum atomic E-state index is -0.494. The molecule has 3 N–H and O–H groups in total. The zero-order valence-electron chi connectivity index (χ0n) is 18.3. The lowest BCUT2D eigenvalue weighted by Crippen LogP contribution is -2.34. The molecular weight excluding hydrogens is 429 g/mol. The summed E-state index contributed by atoms with van der Waals surface area (Å²) < 4.78 is 30.4. The lowest BCUT2D eigenvalue weighted by atomic mass is 10.0. The van der Waals surface area contributed by atoms with Crippen LogP contribution in [0.2, 0.25) is 0 Å². The maximum atomic E-state index is 14.8. The van der Waals surface area contributed by atoms with Crippen LogP contribution in [-0.4, -0.2) is 56.1 Å². The van der Waals surface area contributed by atoms with E-state index in [9.17, 15) is 9.18 Å². The lowest BCUT2D eigenvalue weighted by Gasteiger charge is -2.25. The molecule has 2 heterocycles. The monoisotopic (exact) mass is 455 g/mol. The largest absolute Gasteiger partial charge is 0.491 e. The average molecular weight is 455 g/mol. The Morgan fingerprint density at radius 2 is 1.94 bits per heavy atom. The Balaban J connectivity index is 1.37. The number of anilines is 3. The molecule has 0 spiro atoms. The molecule has 1 aromatic heterocycles. The van der Waals surface area contributed by atoms with Crippen molar-refractivity contribution in [3.63, 3.8) is 0 Å². The summed E-state index contributed by atoms with van der Waals surface area (Å²) in [5, 5.41) is 8.99. The van der Waals surface area contributed by atoms with Crippen molar-refractivity contribution in [3.05, 3.63) is 48.5 Å². The zero-order chi connectivity index (χ0) is 23.0. The van der Waals surface area contributed by atoms with E-state index in [4.69, 9.17) is 14.2 Å². The Bertz CT molecular complexity index is 1090. The molecule has 2 amide bonds. The fourth-order valence-corrected chi connectivity index (χ4v) is 3.33. The third kappa shape index (κ3) is 6.05. The van der Waals surface area contributed by atoms with Crippen LogP contribution in [0.3, 0.4) is 0 Å². The quantitative estimate of drug-likeness (QED) is 0.400. The third-order valence-electron chi connectivity index (χ3n) is 5.17. The minimum absolute atomic E-state index is 0.259. The molecule has 0 aliphatic carbocycles. The molecule has 1 aliphatic heterocycles. The van der Waals surface area contributed by atoms with Gasteiger partial charge in [-0.15, -0.1) is 0 Å². The number of carbonyl (C=O) groups is 1. The van der Waals surface area contributed by atoms with Crippen LogP contribution in [0.4, 0.5) is 26.4 Å². The van der Waals surface area contributed by atoms with Gasteiger partial charge < -0.3 is 30.2 Å². The molecule has 1 aliphatic rings. The van der Waals surface area contributed by atoms with E-state index in [0.29, 0.717) is 54.1 Å². The van der Waals surface area contributed by atoms with Gasteiger partial charge >= 0.3 is 6.03 Å². The van der Waals surface area contributed by atoms with Gasteiger partial charge in [0.1, 0.15) is 30.3 Å². The molecule has 0 bridgehead atoms. The Kier molecular flexibility index (Phi) is 7.48. The van der Waals surface area contributed by atoms with Gasteiger partial charge in [-0.2, -0.15) is 0 Å². The number of hydrogen-bond donors (Lipinski definition) is 3. The first-order valence-corrected chi connectivity index (χ1v) is 10.7. The summed E-state index contributed by atoms with van der Waals surface area (Å²) in [6, 6.07) is 9.75. The number of carbonyl (C=O) groups excluding carboxylic acids is 1. The standard InChI is InChI=1S/C23H26FN5O4/c1-31-8-9-33-18-10-19(24)21-20(11-18)26-14-27-22(21)28-16-2-4-17(5-3-16)29-23(30)25-7-6-15-12-32-13-15/h2-5,10-11,14-15H,6-9,12-13H2,1H3,(H2,25,29,30)(H,26,27,28). The number of methoxy groups -OCH3 is 1. The highest BCUT2D eigenvalue weighted by Gasteiger charge is 2.17. The first-order valence-electron chi connectivity index (χ1n) is 10.7. The number of urea groups is 1. The van der Waals surface area contributed by atoms with Crippen LogP contribution in [0.25, 0.3) is 10.9 Å². The SMILES string of the molecule is COCCOc1cc(F)c2c(Nc3ccc(NC(=O)NCCC4COC4)cc3)ncnc2c1. The number of amides is 2. The predicted octanol–water partition coefficient (Wildman–Crippen LogP) is 3.70. The van der Waals surface area contributed by atoms with Gasteiger partial charge in [0, 0.05) is 43.1 Å². The molecule has 9 nitrogen and oxygen atoms in total. The van der Waals surface area contributed by atoms with Gasteiger partial charge in [-0.25, -0.2) is 19.2 Å². The van der Waals surface area contributed by atoms with Crippen molar-refractivity contribution in [2.45, 2.75) is 6.42 Å². The molecule has 0 unspecified atom stereocenters. The van der Waals surface area contributed by atoms with Crippen LogP contribution in [-0.2, 0) is 9.47 Å². The topological polar surface area (TPSA) is 107 Å². The van der Waals surface area contributed by atoms with Crippen molar-refractivity contribution in [2.75, 3.05) is 50.7 Å². The molecule has 3 aromatic rings. The van der Waals surface area contributed by atoms with Crippen molar-refractivity contribution in [1.29, 1.82) is 0 Å². The Morgan fingerprint density at radius 1 is 1.15 bits per heavy atom. The molecular formula is C23H26FN5O4. The van der Waals surface area contributed by atoms with E-state index < -0.39 is 5.82 Å². The van der Waals surface area contributed by atoms with Crippen LogP contribution < -0.4 is 20.7 Å². The normalized spacial score (nSPS) is 13.4. The first kappa shape index (κ1) is 22.7. The van der Waals surface area contributed by atoms with Gasteiger partial charge in [-0.1, -0.05) is 0 Å².